The summed E-state index contributed by atoms with van der Waals surface area (Å²) in [6.07, 6.45) is 0. The van der Waals surface area contributed by atoms with E-state index < -0.39 is 6.04 Å². The third kappa shape index (κ3) is 3.22. The smallest absolute Gasteiger partial charge is 0.275 e. The zero-order valence-corrected chi connectivity index (χ0v) is 16.7. The van der Waals surface area contributed by atoms with Crippen molar-refractivity contribution in [3.63, 3.8) is 0 Å². The minimum Gasteiger partial charge on any atom is -0.497 e. The molecular formula is C20H23N5O4. The van der Waals surface area contributed by atoms with E-state index in [4.69, 9.17) is 4.74 Å². The highest BCUT2D eigenvalue weighted by Gasteiger charge is 2.37. The van der Waals surface area contributed by atoms with Crippen LogP contribution in [0.4, 0.5) is 5.69 Å². The van der Waals surface area contributed by atoms with Crippen LogP contribution in [0.2, 0.25) is 0 Å². The Balaban J connectivity index is 1.54. The van der Waals surface area contributed by atoms with E-state index in [0.717, 1.165) is 5.69 Å². The second-order valence-corrected chi connectivity index (χ2v) is 7.23. The number of carbonyl (C=O) groups excluding carboxylic acids is 3. The van der Waals surface area contributed by atoms with Gasteiger partial charge in [-0.2, -0.15) is 5.10 Å². The van der Waals surface area contributed by atoms with Crippen molar-refractivity contribution in [2.24, 2.45) is 0 Å². The Bertz CT molecular complexity index is 985. The molecule has 1 aromatic heterocycles. The standard InChI is InChI=1S/C20H23N5O4/c1-13-18(26)24(14-5-4-6-15(11-14)29-3)9-8-23(13)19(27)16-12-17-20(28)22(2)7-10-25(17)21-16/h4-6,11-13H,7-10H2,1-3H3. The van der Waals surface area contributed by atoms with Crippen LogP contribution >= 0.6 is 0 Å². The van der Waals surface area contributed by atoms with Crippen molar-refractivity contribution in [3.05, 3.63) is 41.7 Å². The zero-order valence-electron chi connectivity index (χ0n) is 16.7. The van der Waals surface area contributed by atoms with Crippen LogP contribution in [0.15, 0.2) is 30.3 Å². The average molecular weight is 397 g/mol. The van der Waals surface area contributed by atoms with Gasteiger partial charge in [-0.05, 0) is 19.1 Å². The van der Waals surface area contributed by atoms with Crippen LogP contribution in [-0.4, -0.2) is 77.1 Å². The maximum absolute atomic E-state index is 13.0. The third-order valence-electron chi connectivity index (χ3n) is 5.49. The summed E-state index contributed by atoms with van der Waals surface area (Å²) in [5.74, 6) is 0.000541. The number of carbonyl (C=O) groups is 3. The second-order valence-electron chi connectivity index (χ2n) is 7.23. The number of piperazine rings is 1. The van der Waals surface area contributed by atoms with Crippen molar-refractivity contribution < 1.29 is 19.1 Å². The molecule has 0 radical (unpaired) electrons. The first-order valence-electron chi connectivity index (χ1n) is 9.50. The van der Waals surface area contributed by atoms with E-state index in [2.05, 4.69) is 5.10 Å². The molecular weight excluding hydrogens is 374 g/mol. The molecule has 3 amide bonds. The van der Waals surface area contributed by atoms with Crippen LogP contribution in [0, 0.1) is 0 Å². The number of benzene rings is 1. The summed E-state index contributed by atoms with van der Waals surface area (Å²) in [5, 5.41) is 4.31. The van der Waals surface area contributed by atoms with Crippen molar-refractivity contribution in [1.82, 2.24) is 19.6 Å². The number of likely N-dealkylation sites (N-methyl/N-ethyl adjacent to an activating group) is 1. The Kier molecular flexibility index (Phi) is 4.73. The minimum absolute atomic E-state index is 0.158. The molecule has 0 spiro atoms. The van der Waals surface area contributed by atoms with E-state index in [-0.39, 0.29) is 23.4 Å². The quantitative estimate of drug-likeness (QED) is 0.766. The molecule has 9 heteroatoms. The number of hydrogen-bond donors (Lipinski definition) is 0. The van der Waals surface area contributed by atoms with Gasteiger partial charge in [0.05, 0.1) is 13.7 Å². The molecule has 2 aliphatic rings. The molecule has 152 valence electrons. The summed E-state index contributed by atoms with van der Waals surface area (Å²) in [5.41, 5.74) is 1.33. The highest BCUT2D eigenvalue weighted by Crippen LogP contribution is 2.25. The van der Waals surface area contributed by atoms with Gasteiger partial charge in [-0.1, -0.05) is 6.07 Å². The molecule has 0 bridgehead atoms. The van der Waals surface area contributed by atoms with Gasteiger partial charge in [0.2, 0.25) is 5.91 Å². The van der Waals surface area contributed by atoms with Crippen LogP contribution in [0.3, 0.4) is 0 Å². The maximum Gasteiger partial charge on any atom is 0.275 e. The number of fused-ring (bicyclic) bond motifs is 1. The monoisotopic (exact) mass is 397 g/mol. The fourth-order valence-corrected chi connectivity index (χ4v) is 3.74. The maximum atomic E-state index is 13.0. The predicted octanol–water partition coefficient (Wildman–Crippen LogP) is 0.855. The van der Waals surface area contributed by atoms with Crippen molar-refractivity contribution in [3.8, 4) is 5.75 Å². The van der Waals surface area contributed by atoms with E-state index in [1.54, 1.807) is 41.6 Å². The fraction of sp³-hybridized carbons (Fsp3) is 0.400. The fourth-order valence-electron chi connectivity index (χ4n) is 3.74. The first-order valence-corrected chi connectivity index (χ1v) is 9.50. The number of aromatic nitrogens is 2. The van der Waals surface area contributed by atoms with Crippen molar-refractivity contribution in [2.75, 3.05) is 38.7 Å². The molecule has 1 aromatic carbocycles. The summed E-state index contributed by atoms with van der Waals surface area (Å²) < 4.78 is 6.80. The first kappa shape index (κ1) is 19.0. The van der Waals surface area contributed by atoms with E-state index in [1.165, 1.54) is 11.0 Å². The van der Waals surface area contributed by atoms with Crippen molar-refractivity contribution in [2.45, 2.75) is 19.5 Å². The molecule has 2 aliphatic heterocycles. The van der Waals surface area contributed by atoms with Gasteiger partial charge in [0, 0.05) is 44.5 Å². The molecule has 3 heterocycles. The molecule has 2 aromatic rings. The van der Waals surface area contributed by atoms with Gasteiger partial charge in [0.25, 0.3) is 11.8 Å². The number of rotatable bonds is 3. The van der Waals surface area contributed by atoms with Crippen LogP contribution < -0.4 is 9.64 Å². The molecule has 0 N–H and O–H groups in total. The van der Waals surface area contributed by atoms with Crippen molar-refractivity contribution >= 4 is 23.4 Å². The number of amides is 3. The molecule has 1 saturated heterocycles. The highest BCUT2D eigenvalue weighted by molar-refractivity contribution is 6.04. The van der Waals surface area contributed by atoms with E-state index in [1.807, 2.05) is 18.2 Å². The van der Waals surface area contributed by atoms with Gasteiger partial charge < -0.3 is 19.4 Å². The Labute approximate surface area is 168 Å². The summed E-state index contributed by atoms with van der Waals surface area (Å²) >= 11 is 0. The number of hydrogen-bond acceptors (Lipinski definition) is 5. The topological polar surface area (TPSA) is 88.0 Å². The number of nitrogens with zero attached hydrogens (tertiary/aromatic N) is 5. The molecule has 1 unspecified atom stereocenters. The van der Waals surface area contributed by atoms with Gasteiger partial charge >= 0.3 is 0 Å². The minimum atomic E-state index is -0.639. The SMILES string of the molecule is COc1cccc(N2CCN(C(=O)c3cc4n(n3)CCN(C)C4=O)C(C)C2=O)c1. The van der Waals surface area contributed by atoms with Gasteiger partial charge in [0.15, 0.2) is 5.69 Å². The molecule has 1 fully saturated rings. The van der Waals surface area contributed by atoms with Crippen LogP contribution in [0.1, 0.15) is 27.9 Å². The molecule has 1 atom stereocenters. The van der Waals surface area contributed by atoms with Gasteiger partial charge in [-0.25, -0.2) is 0 Å². The molecule has 4 rings (SSSR count). The lowest BCUT2D eigenvalue weighted by atomic mass is 10.1. The second kappa shape index (κ2) is 7.23. The number of ether oxygens (including phenoxy) is 1. The lowest BCUT2D eigenvalue weighted by Gasteiger charge is -2.38. The van der Waals surface area contributed by atoms with Gasteiger partial charge in [0.1, 0.15) is 17.5 Å². The Hall–Kier alpha value is -3.36. The Morgan fingerprint density at radius 2 is 1.93 bits per heavy atom. The highest BCUT2D eigenvalue weighted by atomic mass is 16.5. The Morgan fingerprint density at radius 3 is 2.69 bits per heavy atom. The number of anilines is 1. The molecule has 9 nitrogen and oxygen atoms in total. The molecule has 0 saturated carbocycles. The van der Waals surface area contributed by atoms with Crippen LogP contribution in [0.25, 0.3) is 0 Å². The average Bonchev–Trinajstić information content (AvgIpc) is 3.17. The normalized spacial score (nSPS) is 19.4. The van der Waals surface area contributed by atoms with Crippen LogP contribution in [-0.2, 0) is 11.3 Å². The van der Waals surface area contributed by atoms with Gasteiger partial charge in [-0.15, -0.1) is 0 Å². The summed E-state index contributed by atoms with van der Waals surface area (Å²) in [6, 6.07) is 8.17. The molecule has 29 heavy (non-hydrogen) atoms. The van der Waals surface area contributed by atoms with Gasteiger partial charge in [-0.3, -0.25) is 19.1 Å². The van der Waals surface area contributed by atoms with Crippen molar-refractivity contribution in [1.29, 1.82) is 0 Å². The van der Waals surface area contributed by atoms with E-state index >= 15 is 0 Å². The predicted molar refractivity (Wildman–Crippen MR) is 105 cm³/mol. The summed E-state index contributed by atoms with van der Waals surface area (Å²) in [6.45, 7) is 3.55. The molecule has 0 aliphatic carbocycles. The largest absolute Gasteiger partial charge is 0.497 e. The Morgan fingerprint density at radius 1 is 1.14 bits per heavy atom. The third-order valence-corrected chi connectivity index (χ3v) is 5.49. The van der Waals surface area contributed by atoms with Crippen LogP contribution in [0.5, 0.6) is 5.75 Å². The summed E-state index contributed by atoms with van der Waals surface area (Å²) in [4.78, 5) is 43.0. The zero-order chi connectivity index (χ0) is 20.7. The number of methoxy groups -OCH3 is 1. The summed E-state index contributed by atoms with van der Waals surface area (Å²) in [7, 11) is 3.30. The lowest BCUT2D eigenvalue weighted by Crippen LogP contribution is -2.57. The van der Waals surface area contributed by atoms with E-state index in [9.17, 15) is 14.4 Å². The first-order chi connectivity index (χ1) is 13.9. The van der Waals surface area contributed by atoms with E-state index in [0.29, 0.717) is 37.6 Å². The lowest BCUT2D eigenvalue weighted by molar-refractivity contribution is -0.124.